The first-order chi connectivity index (χ1) is 27.4. The van der Waals surface area contributed by atoms with Gasteiger partial charge in [0.25, 0.3) is 0 Å². The third-order valence-corrected chi connectivity index (χ3v) is 10.7. The van der Waals surface area contributed by atoms with Crippen LogP contribution in [0.1, 0.15) is 48.2 Å². The van der Waals surface area contributed by atoms with E-state index in [-0.39, 0.29) is 29.2 Å². The molecule has 312 valence electrons. The topological polar surface area (TPSA) is 161 Å². The van der Waals surface area contributed by atoms with E-state index in [1.807, 2.05) is 28.8 Å². The van der Waals surface area contributed by atoms with Gasteiger partial charge in [0, 0.05) is 48.3 Å². The molecule has 1 amide bonds. The van der Waals surface area contributed by atoms with Gasteiger partial charge < -0.3 is 34.8 Å². The molecule has 17 heteroatoms. The average molecular weight is 834 g/mol. The molecule has 1 aliphatic carbocycles. The summed E-state index contributed by atoms with van der Waals surface area (Å²) in [7, 11) is 0. The van der Waals surface area contributed by atoms with Crippen LogP contribution in [-0.4, -0.2) is 91.0 Å². The Morgan fingerprint density at radius 2 is 1.43 bits per heavy atom. The summed E-state index contributed by atoms with van der Waals surface area (Å²) in [6.45, 7) is 7.18. The number of carbonyl (C=O) groups excluding carboxylic acids is 1. The normalized spacial score (nSPS) is 13.3. The number of benzene rings is 3. The predicted molar refractivity (Wildman–Crippen MR) is 206 cm³/mol. The molecule has 2 unspecified atom stereocenters. The zero-order valence-corrected chi connectivity index (χ0v) is 32.5. The van der Waals surface area contributed by atoms with Gasteiger partial charge in [-0.25, -0.2) is 18.4 Å². The van der Waals surface area contributed by atoms with Gasteiger partial charge >= 0.3 is 18.1 Å². The number of aromatic nitrogens is 1. The van der Waals surface area contributed by atoms with Crippen molar-refractivity contribution in [3.63, 3.8) is 0 Å². The number of amides is 1. The molecule has 2 atom stereocenters. The van der Waals surface area contributed by atoms with Crippen LogP contribution in [0.5, 0.6) is 0 Å². The summed E-state index contributed by atoms with van der Waals surface area (Å²) in [5.41, 5.74) is 3.13. The minimum absolute atomic E-state index is 0.0154. The van der Waals surface area contributed by atoms with E-state index in [2.05, 4.69) is 18.7 Å². The number of halogens is 5. The largest absolute Gasteiger partial charge is 0.479 e. The predicted octanol–water partition coefficient (Wildman–Crippen LogP) is 5.84. The maximum absolute atomic E-state index is 14.5. The number of carboxylic acids is 2. The lowest BCUT2D eigenvalue weighted by Crippen LogP contribution is -2.40. The fourth-order valence-electron chi connectivity index (χ4n) is 6.28. The van der Waals surface area contributed by atoms with Crippen LogP contribution in [0, 0.1) is 11.6 Å². The first-order valence-electron chi connectivity index (χ1n) is 18.3. The molecule has 58 heavy (non-hydrogen) atoms. The number of hydrogen-bond donors (Lipinski definition) is 4. The molecule has 4 N–H and O–H groups in total. The second kappa shape index (κ2) is 20.5. The Balaban J connectivity index is 0.000000657. The first-order valence-corrected chi connectivity index (χ1v) is 19.3. The number of aliphatic carboxylic acids is 2. The fourth-order valence-corrected chi connectivity index (χ4v) is 7.33. The van der Waals surface area contributed by atoms with Gasteiger partial charge in [0.1, 0.15) is 6.54 Å². The lowest BCUT2D eigenvalue weighted by atomic mass is 10.0. The van der Waals surface area contributed by atoms with Crippen LogP contribution in [-0.2, 0) is 52.2 Å². The number of likely N-dealkylation sites (N-methyl/N-ethyl adjacent to an activating group) is 1. The molecule has 0 spiro atoms. The summed E-state index contributed by atoms with van der Waals surface area (Å²) in [6.07, 6.45) is -6.87. The zero-order chi connectivity index (χ0) is 42.7. The van der Waals surface area contributed by atoms with Crippen molar-refractivity contribution >= 4 is 29.6 Å². The Hall–Kier alpha value is -5.10. The Morgan fingerprint density at radius 1 is 0.845 bits per heavy atom. The molecule has 11 nitrogen and oxygen atoms in total. The van der Waals surface area contributed by atoms with Crippen molar-refractivity contribution in [3.05, 3.63) is 123 Å². The van der Waals surface area contributed by atoms with Crippen LogP contribution >= 0.6 is 11.8 Å². The van der Waals surface area contributed by atoms with Gasteiger partial charge in [-0.2, -0.15) is 13.2 Å². The maximum atomic E-state index is 14.5. The summed E-state index contributed by atoms with van der Waals surface area (Å²) in [5.74, 6) is -5.46. The highest BCUT2D eigenvalue weighted by Crippen LogP contribution is 2.32. The molecule has 0 bridgehead atoms. The summed E-state index contributed by atoms with van der Waals surface area (Å²) < 4.78 is 69.3. The van der Waals surface area contributed by atoms with Crippen LogP contribution < -0.4 is 5.43 Å². The van der Waals surface area contributed by atoms with E-state index < -0.39 is 47.5 Å². The molecule has 1 aromatic heterocycles. The van der Waals surface area contributed by atoms with Crippen LogP contribution in [0.15, 0.2) is 82.6 Å². The van der Waals surface area contributed by atoms with Crippen LogP contribution in [0.4, 0.5) is 22.0 Å². The van der Waals surface area contributed by atoms with Gasteiger partial charge in [-0.05, 0) is 67.2 Å². The number of carboxylic acid groups (broad SMARTS) is 2. The van der Waals surface area contributed by atoms with E-state index in [1.54, 1.807) is 4.90 Å². The quantitative estimate of drug-likeness (QED) is 0.0798. The minimum atomic E-state index is -4.41. The summed E-state index contributed by atoms with van der Waals surface area (Å²) in [4.78, 5) is 50.7. The lowest BCUT2D eigenvalue weighted by Gasteiger charge is -2.28. The van der Waals surface area contributed by atoms with Crippen molar-refractivity contribution in [1.29, 1.82) is 0 Å². The number of pyridine rings is 1. The number of fused-ring (bicyclic) bond motifs is 1. The number of rotatable bonds is 16. The molecular weight excluding hydrogens is 790 g/mol. The zero-order valence-electron chi connectivity index (χ0n) is 31.7. The van der Waals surface area contributed by atoms with E-state index in [0.29, 0.717) is 48.6 Å². The summed E-state index contributed by atoms with van der Waals surface area (Å²) in [5, 5.41) is 33.1. The van der Waals surface area contributed by atoms with Gasteiger partial charge in [0.15, 0.2) is 29.3 Å². The Morgan fingerprint density at radius 3 is 1.98 bits per heavy atom. The molecular formula is C41H44F5N3O8S. The summed E-state index contributed by atoms with van der Waals surface area (Å²) in [6, 6.07) is 17.9. The second-order valence-electron chi connectivity index (χ2n) is 13.4. The van der Waals surface area contributed by atoms with Crippen molar-refractivity contribution in [2.75, 3.05) is 26.2 Å². The molecule has 5 rings (SSSR count). The second-order valence-corrected chi connectivity index (χ2v) is 14.4. The van der Waals surface area contributed by atoms with Gasteiger partial charge in [-0.15, -0.1) is 11.8 Å². The molecule has 0 fully saturated rings. The lowest BCUT2D eigenvalue weighted by molar-refractivity contribution is -0.165. The van der Waals surface area contributed by atoms with Gasteiger partial charge in [0.05, 0.1) is 10.6 Å². The van der Waals surface area contributed by atoms with Crippen LogP contribution in [0.25, 0.3) is 11.1 Å². The van der Waals surface area contributed by atoms with Crippen LogP contribution in [0.2, 0.25) is 0 Å². The van der Waals surface area contributed by atoms with Crippen molar-refractivity contribution in [3.8, 4) is 11.1 Å². The maximum Gasteiger partial charge on any atom is 0.416 e. The smallest absolute Gasteiger partial charge is 0.416 e. The highest BCUT2D eigenvalue weighted by Gasteiger charge is 2.31. The van der Waals surface area contributed by atoms with E-state index in [9.17, 15) is 41.1 Å². The van der Waals surface area contributed by atoms with Gasteiger partial charge in [0.2, 0.25) is 5.91 Å². The minimum Gasteiger partial charge on any atom is -0.479 e. The highest BCUT2D eigenvalue weighted by atomic mass is 32.2. The first kappa shape index (κ1) is 45.6. The van der Waals surface area contributed by atoms with Crippen molar-refractivity contribution in [2.24, 2.45) is 0 Å². The third-order valence-electron chi connectivity index (χ3n) is 9.64. The summed E-state index contributed by atoms with van der Waals surface area (Å²) >= 11 is 1.20. The Bertz CT molecular complexity index is 2090. The molecule has 0 saturated heterocycles. The number of carbonyl (C=O) groups is 3. The van der Waals surface area contributed by atoms with E-state index >= 15 is 0 Å². The number of alkyl halides is 3. The molecule has 3 aromatic carbocycles. The van der Waals surface area contributed by atoms with E-state index in [0.717, 1.165) is 54.5 Å². The molecule has 0 radical (unpaired) electrons. The molecule has 0 saturated carbocycles. The van der Waals surface area contributed by atoms with Gasteiger partial charge in [-0.3, -0.25) is 9.59 Å². The molecule has 1 heterocycles. The average Bonchev–Trinajstić information content (AvgIpc) is 3.70. The number of thioether (sulfide) groups is 1. The SMILES string of the molecule is CCN(CC)CCN(Cc1ccc(-c2ccc(C(F)(F)F)cc2)cc1)C(=O)Cn1c(SCc2cccc(F)c2F)cc(=O)c2c1CCC2.O=C(O)C(O)C(O)C(=O)O. The van der Waals surface area contributed by atoms with Crippen molar-refractivity contribution in [2.45, 2.75) is 75.4 Å². The van der Waals surface area contributed by atoms with Crippen LogP contribution in [0.3, 0.4) is 0 Å². The Kier molecular flexibility index (Phi) is 16.2. The van der Waals surface area contributed by atoms with Gasteiger partial charge in [-0.1, -0.05) is 62.4 Å². The number of aliphatic hydroxyl groups is 2. The fraction of sp³-hybridized carbons (Fsp3) is 0.366. The number of aliphatic hydroxyl groups excluding tert-OH is 2. The molecule has 1 aliphatic rings. The number of hydrogen-bond acceptors (Lipinski definition) is 8. The number of nitrogens with zero attached hydrogens (tertiary/aromatic N) is 3. The molecule has 4 aromatic rings. The third kappa shape index (κ3) is 12.0. The standard InChI is InChI=1S/C37H38F5N3O2S.C4H6O6/c1-3-43(4-2)19-20-44(22-25-11-13-26(14-12-25)27-15-17-29(18-16-27)37(40,41)42)34(47)23-45-32-10-6-8-30(32)33(46)21-35(45)48-24-28-7-5-9-31(38)36(28)39;5-1(3(7)8)2(6)4(9)10/h5,7,9,11-18,21H,3-4,6,8,10,19-20,22-24H2,1-2H3;1-2,5-6H,(H,7,8)(H,9,10). The molecule has 0 aliphatic heterocycles. The monoisotopic (exact) mass is 833 g/mol. The van der Waals surface area contributed by atoms with E-state index in [4.69, 9.17) is 20.4 Å². The van der Waals surface area contributed by atoms with Crippen molar-refractivity contribution < 1.29 is 56.8 Å². The van der Waals surface area contributed by atoms with Crippen molar-refractivity contribution in [1.82, 2.24) is 14.4 Å². The Labute approximate surface area is 335 Å². The van der Waals surface area contributed by atoms with E-state index in [1.165, 1.54) is 42.1 Å². The highest BCUT2D eigenvalue weighted by molar-refractivity contribution is 7.98.